The maximum atomic E-state index is 12.4. The zero-order valence-electron chi connectivity index (χ0n) is 11.1. The molecule has 3 N–H and O–H groups in total. The van der Waals surface area contributed by atoms with E-state index in [0.717, 1.165) is 18.4 Å². The summed E-state index contributed by atoms with van der Waals surface area (Å²) in [7, 11) is -3.49. The minimum Gasteiger partial charge on any atom is -0.398 e. The Morgan fingerprint density at radius 1 is 1.26 bits per heavy atom. The molecule has 3 rings (SSSR count). The van der Waals surface area contributed by atoms with Crippen LogP contribution in [-0.2, 0) is 10.0 Å². The van der Waals surface area contributed by atoms with E-state index in [2.05, 4.69) is 4.72 Å². The molecule has 19 heavy (non-hydrogen) atoms. The maximum absolute atomic E-state index is 12.4. The standard InChI is InChI=1S/C14H20N2O2S/c1-9-2-5-14(12(15)6-9)19(17,18)16-13-8-10-3-4-11(13)7-10/h2,5-6,10-11,13,16H,3-4,7-8,15H2,1H3. The number of nitrogens with one attached hydrogen (secondary N) is 1. The summed E-state index contributed by atoms with van der Waals surface area (Å²) in [5.41, 5.74) is 7.14. The minimum atomic E-state index is -3.49. The summed E-state index contributed by atoms with van der Waals surface area (Å²) in [6, 6.07) is 5.19. The molecule has 0 aromatic heterocycles. The van der Waals surface area contributed by atoms with E-state index >= 15 is 0 Å². The monoisotopic (exact) mass is 280 g/mol. The van der Waals surface area contributed by atoms with E-state index in [1.807, 2.05) is 6.92 Å². The lowest BCUT2D eigenvalue weighted by Gasteiger charge is -2.23. The first-order valence-corrected chi connectivity index (χ1v) is 8.32. The summed E-state index contributed by atoms with van der Waals surface area (Å²) in [4.78, 5) is 0.209. The van der Waals surface area contributed by atoms with Crippen LogP contribution in [0, 0.1) is 18.8 Å². The third kappa shape index (κ3) is 2.37. The molecule has 2 bridgehead atoms. The van der Waals surface area contributed by atoms with E-state index in [1.54, 1.807) is 18.2 Å². The molecule has 1 aromatic carbocycles. The van der Waals surface area contributed by atoms with Gasteiger partial charge in [-0.15, -0.1) is 0 Å². The first-order chi connectivity index (χ1) is 8.95. The first kappa shape index (κ1) is 12.9. The highest BCUT2D eigenvalue weighted by Crippen LogP contribution is 2.44. The SMILES string of the molecule is Cc1ccc(S(=O)(=O)NC2CC3CCC2C3)c(N)c1. The molecule has 1 aromatic rings. The van der Waals surface area contributed by atoms with E-state index in [-0.39, 0.29) is 10.9 Å². The Morgan fingerprint density at radius 2 is 2.05 bits per heavy atom. The van der Waals surface area contributed by atoms with Gasteiger partial charge in [-0.25, -0.2) is 13.1 Å². The van der Waals surface area contributed by atoms with Gasteiger partial charge < -0.3 is 5.73 Å². The average Bonchev–Trinajstić information content (AvgIpc) is 2.89. The molecule has 4 nitrogen and oxygen atoms in total. The number of aryl methyl sites for hydroxylation is 1. The van der Waals surface area contributed by atoms with E-state index in [4.69, 9.17) is 5.73 Å². The van der Waals surface area contributed by atoms with Crippen LogP contribution in [0.3, 0.4) is 0 Å². The molecule has 0 amide bonds. The van der Waals surface area contributed by atoms with Crippen LogP contribution in [0.5, 0.6) is 0 Å². The van der Waals surface area contributed by atoms with Crippen molar-refractivity contribution < 1.29 is 8.42 Å². The highest BCUT2D eigenvalue weighted by molar-refractivity contribution is 7.89. The van der Waals surface area contributed by atoms with Gasteiger partial charge in [0, 0.05) is 6.04 Å². The lowest BCUT2D eigenvalue weighted by Crippen LogP contribution is -2.38. The predicted octanol–water partition coefficient (Wildman–Crippen LogP) is 2.04. The second-order valence-electron chi connectivity index (χ2n) is 5.94. The average molecular weight is 280 g/mol. The van der Waals surface area contributed by atoms with Crippen LogP contribution in [0.1, 0.15) is 31.2 Å². The summed E-state index contributed by atoms with van der Waals surface area (Å²) >= 11 is 0. The second-order valence-corrected chi connectivity index (χ2v) is 7.63. The first-order valence-electron chi connectivity index (χ1n) is 6.84. The molecule has 5 heteroatoms. The van der Waals surface area contributed by atoms with Gasteiger partial charge in [-0.1, -0.05) is 12.5 Å². The van der Waals surface area contributed by atoms with Crippen molar-refractivity contribution in [3.05, 3.63) is 23.8 Å². The van der Waals surface area contributed by atoms with Gasteiger partial charge >= 0.3 is 0 Å². The fraction of sp³-hybridized carbons (Fsp3) is 0.571. The van der Waals surface area contributed by atoms with Gasteiger partial charge in [0.25, 0.3) is 0 Å². The molecule has 0 heterocycles. The molecular formula is C14H20N2O2S. The van der Waals surface area contributed by atoms with Gasteiger partial charge in [0.1, 0.15) is 4.90 Å². The van der Waals surface area contributed by atoms with Crippen LogP contribution >= 0.6 is 0 Å². The third-order valence-corrected chi connectivity index (χ3v) is 6.06. The Balaban J connectivity index is 1.83. The fourth-order valence-electron chi connectivity index (χ4n) is 3.56. The van der Waals surface area contributed by atoms with Gasteiger partial charge in [-0.3, -0.25) is 0 Å². The summed E-state index contributed by atoms with van der Waals surface area (Å²) in [5.74, 6) is 1.24. The van der Waals surface area contributed by atoms with Crippen molar-refractivity contribution >= 4 is 15.7 Å². The Morgan fingerprint density at radius 3 is 2.63 bits per heavy atom. The van der Waals surface area contributed by atoms with E-state index in [9.17, 15) is 8.42 Å². The third-order valence-electron chi connectivity index (χ3n) is 4.50. The van der Waals surface area contributed by atoms with E-state index in [1.165, 1.54) is 12.8 Å². The predicted molar refractivity (Wildman–Crippen MR) is 75.1 cm³/mol. The molecule has 0 aliphatic heterocycles. The summed E-state index contributed by atoms with van der Waals surface area (Å²) < 4.78 is 27.7. The Hall–Kier alpha value is -1.07. The number of fused-ring (bicyclic) bond motifs is 2. The van der Waals surface area contributed by atoms with Gasteiger partial charge in [-0.05, 0) is 55.7 Å². The largest absolute Gasteiger partial charge is 0.398 e. The van der Waals surface area contributed by atoms with Crippen molar-refractivity contribution in [2.24, 2.45) is 11.8 Å². The second kappa shape index (κ2) is 4.49. The Labute approximate surface area is 114 Å². The normalized spacial score (nSPS) is 29.8. The quantitative estimate of drug-likeness (QED) is 0.832. The van der Waals surface area contributed by atoms with Crippen molar-refractivity contribution in [3.8, 4) is 0 Å². The van der Waals surface area contributed by atoms with Gasteiger partial charge in [0.2, 0.25) is 10.0 Å². The molecule has 104 valence electrons. The van der Waals surface area contributed by atoms with Crippen molar-refractivity contribution in [3.63, 3.8) is 0 Å². The van der Waals surface area contributed by atoms with Crippen molar-refractivity contribution in [1.29, 1.82) is 0 Å². The molecule has 2 saturated carbocycles. The number of benzene rings is 1. The zero-order chi connectivity index (χ0) is 13.6. The fourth-order valence-corrected chi connectivity index (χ4v) is 5.00. The molecule has 2 aliphatic rings. The van der Waals surface area contributed by atoms with Crippen molar-refractivity contribution in [2.75, 3.05) is 5.73 Å². The van der Waals surface area contributed by atoms with Gasteiger partial charge in [0.05, 0.1) is 5.69 Å². The Kier molecular flexibility index (Phi) is 3.06. The highest BCUT2D eigenvalue weighted by Gasteiger charge is 2.41. The summed E-state index contributed by atoms with van der Waals surface area (Å²) in [6.45, 7) is 1.90. The van der Waals surface area contributed by atoms with Crippen molar-refractivity contribution in [1.82, 2.24) is 4.72 Å². The number of sulfonamides is 1. The maximum Gasteiger partial charge on any atom is 0.242 e. The van der Waals surface area contributed by atoms with Crippen molar-refractivity contribution in [2.45, 2.75) is 43.5 Å². The minimum absolute atomic E-state index is 0.101. The van der Waals surface area contributed by atoms with Gasteiger partial charge in [0.15, 0.2) is 0 Å². The molecule has 2 aliphatic carbocycles. The number of hydrogen-bond donors (Lipinski definition) is 2. The van der Waals surface area contributed by atoms with E-state index < -0.39 is 10.0 Å². The zero-order valence-corrected chi connectivity index (χ0v) is 11.9. The van der Waals surface area contributed by atoms with Crippen LogP contribution in [-0.4, -0.2) is 14.5 Å². The van der Waals surface area contributed by atoms with Crippen LogP contribution in [0.2, 0.25) is 0 Å². The molecule has 0 radical (unpaired) electrons. The van der Waals surface area contributed by atoms with Crippen LogP contribution < -0.4 is 10.5 Å². The van der Waals surface area contributed by atoms with Gasteiger partial charge in [-0.2, -0.15) is 0 Å². The number of nitrogen functional groups attached to an aromatic ring is 1. The van der Waals surface area contributed by atoms with Crippen LogP contribution in [0.25, 0.3) is 0 Å². The van der Waals surface area contributed by atoms with Crippen LogP contribution in [0.4, 0.5) is 5.69 Å². The number of nitrogens with two attached hydrogens (primary N) is 1. The van der Waals surface area contributed by atoms with E-state index in [0.29, 0.717) is 17.5 Å². The lowest BCUT2D eigenvalue weighted by molar-refractivity contribution is 0.390. The molecular weight excluding hydrogens is 260 g/mol. The summed E-state index contributed by atoms with van der Waals surface area (Å²) in [6.07, 6.45) is 4.57. The number of rotatable bonds is 3. The highest BCUT2D eigenvalue weighted by atomic mass is 32.2. The number of hydrogen-bond acceptors (Lipinski definition) is 3. The molecule has 3 atom stereocenters. The smallest absolute Gasteiger partial charge is 0.242 e. The molecule has 0 spiro atoms. The summed E-state index contributed by atoms with van der Waals surface area (Å²) in [5, 5.41) is 0. The molecule has 2 fully saturated rings. The molecule has 0 saturated heterocycles. The van der Waals surface area contributed by atoms with Crippen LogP contribution in [0.15, 0.2) is 23.1 Å². The Bertz CT molecular complexity index is 597. The topological polar surface area (TPSA) is 72.2 Å². The molecule has 3 unspecified atom stereocenters. The number of anilines is 1. The lowest BCUT2D eigenvalue weighted by atomic mass is 9.96.